The molecule has 1 fully saturated rings. The molecule has 0 aliphatic carbocycles. The maximum atomic E-state index is 14.4. The number of likely N-dealkylation sites (N-methyl/N-ethyl adjacent to an activating group) is 1. The van der Waals surface area contributed by atoms with Crippen LogP contribution in [0.2, 0.25) is 0 Å². The number of carbonyl (C=O) groups is 13. The number of amides is 11. The Morgan fingerprint density at radius 3 is 1.69 bits per heavy atom. The van der Waals surface area contributed by atoms with Crippen LogP contribution in [-0.4, -0.2) is 187 Å². The van der Waals surface area contributed by atoms with E-state index in [9.17, 15) is 67.4 Å². The van der Waals surface area contributed by atoms with Gasteiger partial charge in [-0.25, -0.2) is 4.79 Å². The highest BCUT2D eigenvalue weighted by atomic mass is 16.5. The van der Waals surface area contributed by atoms with Crippen molar-refractivity contribution in [2.24, 2.45) is 40.1 Å². The molecule has 3 rings (SSSR count). The van der Waals surface area contributed by atoms with E-state index in [1.807, 2.05) is 30.3 Å². The number of esters is 1. The molecular weight excluding hydrogens is 1150 g/mol. The number of nitrogens with two attached hydrogens (primary N) is 2. The number of aliphatic hydroxyl groups is 1. The van der Waals surface area contributed by atoms with E-state index in [1.54, 1.807) is 62.4 Å². The number of carbonyl (C=O) groups excluding carboxylic acids is 13. The van der Waals surface area contributed by atoms with Gasteiger partial charge < -0.3 is 89.9 Å². The average Bonchev–Trinajstić information content (AvgIpc) is 4.12. The van der Waals surface area contributed by atoms with Crippen LogP contribution >= 0.6 is 0 Å². The summed E-state index contributed by atoms with van der Waals surface area (Å²) in [5.41, 5.74) is 12.1. The minimum atomic E-state index is -2.06. The minimum absolute atomic E-state index is 0.0197. The Kier molecular flexibility index (Phi) is 30.4. The number of hydrogen-bond donors (Lipinski definition) is 15. The Morgan fingerprint density at radius 1 is 0.670 bits per heavy atom. The molecule has 30 nitrogen and oxygen atoms in total. The van der Waals surface area contributed by atoms with E-state index in [4.69, 9.17) is 16.2 Å². The van der Waals surface area contributed by atoms with Gasteiger partial charge >= 0.3 is 5.97 Å². The van der Waals surface area contributed by atoms with Crippen molar-refractivity contribution in [1.82, 2.24) is 63.8 Å². The number of aldehydes is 1. The molecule has 490 valence electrons. The van der Waals surface area contributed by atoms with Gasteiger partial charge in [0, 0.05) is 6.42 Å². The highest BCUT2D eigenvalue weighted by Crippen LogP contribution is 2.18. The van der Waals surface area contributed by atoms with Gasteiger partial charge in [0.1, 0.15) is 60.5 Å². The molecule has 11 amide bonds. The largest absolute Gasteiger partial charge is 0.458 e. The number of nitrogens with one attached hydrogen (secondary N) is 12. The number of guanidine groups is 1. The number of benzene rings is 1. The summed E-state index contributed by atoms with van der Waals surface area (Å²) in [6.07, 6.45) is -0.828. The molecule has 2 aliphatic heterocycles. The van der Waals surface area contributed by atoms with Gasteiger partial charge in [0.15, 0.2) is 18.3 Å². The van der Waals surface area contributed by atoms with Crippen molar-refractivity contribution < 1.29 is 72.2 Å². The van der Waals surface area contributed by atoms with Crippen molar-refractivity contribution >= 4 is 83.2 Å². The van der Waals surface area contributed by atoms with Gasteiger partial charge in [0.05, 0.1) is 25.2 Å². The fourth-order valence-electron chi connectivity index (χ4n) is 9.43. The van der Waals surface area contributed by atoms with E-state index in [1.165, 1.54) is 13.8 Å². The molecule has 0 spiro atoms. The van der Waals surface area contributed by atoms with E-state index in [0.717, 1.165) is 5.56 Å². The van der Waals surface area contributed by atoms with Gasteiger partial charge in [-0.15, -0.1) is 0 Å². The van der Waals surface area contributed by atoms with Crippen LogP contribution in [0.1, 0.15) is 120 Å². The number of ether oxygens (including phenoxy) is 1. The Labute approximate surface area is 513 Å². The Bertz CT molecular complexity index is 2650. The highest BCUT2D eigenvalue weighted by molar-refractivity contribution is 6.04. The normalized spacial score (nSPS) is 22.7. The molecule has 0 aromatic heterocycles. The van der Waals surface area contributed by atoms with Crippen molar-refractivity contribution in [2.45, 2.75) is 199 Å². The smallest absolute Gasteiger partial charge is 0.329 e. The van der Waals surface area contributed by atoms with E-state index < -0.39 is 193 Å². The first-order valence-corrected chi connectivity index (χ1v) is 29.9. The van der Waals surface area contributed by atoms with Crippen molar-refractivity contribution in [3.05, 3.63) is 35.9 Å². The van der Waals surface area contributed by atoms with Crippen LogP contribution in [0.5, 0.6) is 0 Å². The number of hydrogen-bond acceptors (Lipinski definition) is 19. The zero-order chi connectivity index (χ0) is 66.1. The second kappa shape index (κ2) is 36.1. The summed E-state index contributed by atoms with van der Waals surface area (Å²) in [5, 5.41) is 41.4. The lowest BCUT2D eigenvalue weighted by Crippen LogP contribution is -2.63. The number of rotatable bonds is 32. The van der Waals surface area contributed by atoms with Crippen molar-refractivity contribution in [3.8, 4) is 0 Å². The zero-order valence-corrected chi connectivity index (χ0v) is 52.1. The van der Waals surface area contributed by atoms with Crippen LogP contribution in [0.3, 0.4) is 0 Å². The molecule has 0 bridgehead atoms. The van der Waals surface area contributed by atoms with Crippen molar-refractivity contribution in [1.29, 1.82) is 0 Å². The molecule has 1 aromatic carbocycles. The van der Waals surface area contributed by atoms with E-state index in [2.05, 4.69) is 68.8 Å². The molecule has 0 unspecified atom stereocenters. The second-order valence-electron chi connectivity index (χ2n) is 22.7. The van der Waals surface area contributed by atoms with Gasteiger partial charge in [-0.2, -0.15) is 0 Å². The van der Waals surface area contributed by atoms with Crippen LogP contribution in [0.15, 0.2) is 35.3 Å². The molecule has 88 heavy (non-hydrogen) atoms. The lowest BCUT2D eigenvalue weighted by molar-refractivity contribution is -0.157. The zero-order valence-electron chi connectivity index (χ0n) is 52.1. The van der Waals surface area contributed by atoms with Crippen molar-refractivity contribution in [2.75, 3.05) is 20.2 Å². The second-order valence-corrected chi connectivity index (χ2v) is 22.7. The Morgan fingerprint density at radius 2 is 1.19 bits per heavy atom. The maximum absolute atomic E-state index is 14.4. The van der Waals surface area contributed by atoms with Gasteiger partial charge in [-0.3, -0.25) is 57.7 Å². The molecule has 17 atom stereocenters. The molecular formula is C58H93N15O15. The predicted octanol–water partition coefficient (Wildman–Crippen LogP) is -4.05. The van der Waals surface area contributed by atoms with Gasteiger partial charge in [-0.1, -0.05) is 111 Å². The molecule has 1 saturated heterocycles. The fraction of sp³-hybridized carbons (Fsp3) is 0.655. The van der Waals surface area contributed by atoms with Crippen LogP contribution in [0.25, 0.3) is 0 Å². The van der Waals surface area contributed by atoms with Crippen LogP contribution in [-0.2, 0) is 73.5 Å². The third-order valence-corrected chi connectivity index (χ3v) is 16.0. The molecule has 1 aromatic rings. The number of nitrogens with zero attached hydrogens (tertiary/aromatic N) is 1. The first kappa shape index (κ1) is 74.0. The number of primary amides is 1. The average molecular weight is 1240 g/mol. The lowest BCUT2D eigenvalue weighted by Gasteiger charge is -2.31. The third-order valence-electron chi connectivity index (χ3n) is 16.0. The molecule has 2 heterocycles. The van der Waals surface area contributed by atoms with Crippen molar-refractivity contribution in [3.63, 3.8) is 0 Å². The summed E-state index contributed by atoms with van der Waals surface area (Å²) in [4.78, 5) is 182. The van der Waals surface area contributed by atoms with Crippen LogP contribution in [0.4, 0.5) is 0 Å². The summed E-state index contributed by atoms with van der Waals surface area (Å²) >= 11 is 0. The lowest BCUT2D eigenvalue weighted by atomic mass is 9.94. The Hall–Kier alpha value is -8.28. The monoisotopic (exact) mass is 1240 g/mol. The molecule has 0 saturated carbocycles. The summed E-state index contributed by atoms with van der Waals surface area (Å²) in [6.45, 7) is 15.2. The third kappa shape index (κ3) is 22.1. The standard InChI is InChI=1S/C58H93N15O15/c1-12-28(5)42(70-49(79)37(61-11)23-34-19-17-16-18-20-34)53(83)67-39(26-74)51(81)65-36(21-22-41(59)76)48(78)69-44(30(7)14-3)55(85)71-43(29(6)13-2)54(84)68-40(27-75)52(82)73-46-33(10)88-57(87)45(31(8)15-4)72-50(80)38(24-35-25-62-58(60)64-35)66-47(77)32(9)63-56(46)86/h16-20,27-33,35-40,42-46,61,74H,12-15,21-26H2,1-11H3,(H2,59,76)(H,63,86)(H,65,81)(H,66,77)(H,67,83)(H,68,84)(H,69,78)(H,70,79)(H,71,85)(H,72,80)(H,73,82)(H3,60,62,64)/t28-,29-,30-,31-,32-,33-,35-,36+,37+,38-,39-,40-,42-,43-,44+,45-,46+/m0/s1. The van der Waals surface area contributed by atoms with E-state index >= 15 is 0 Å². The number of cyclic esters (lactones) is 1. The van der Waals surface area contributed by atoms with Gasteiger partial charge in [0.2, 0.25) is 59.1 Å². The first-order valence-electron chi connectivity index (χ1n) is 29.9. The fourth-order valence-corrected chi connectivity index (χ4v) is 9.43. The summed E-state index contributed by atoms with van der Waals surface area (Å²) in [5.74, 6) is -13.5. The minimum Gasteiger partial charge on any atom is -0.458 e. The number of aliphatic imine (C=N–C) groups is 1. The molecule has 2 aliphatic rings. The summed E-state index contributed by atoms with van der Waals surface area (Å²) < 4.78 is 5.70. The Balaban J connectivity index is 1.85. The topological polar surface area (TPSA) is 460 Å². The quantitative estimate of drug-likeness (QED) is 0.0185. The highest BCUT2D eigenvalue weighted by Gasteiger charge is 2.41. The number of aliphatic hydroxyl groups excluding tert-OH is 1. The van der Waals surface area contributed by atoms with Gasteiger partial charge in [-0.05, 0) is 69.4 Å². The summed E-state index contributed by atoms with van der Waals surface area (Å²) in [7, 11) is 1.59. The van der Waals surface area contributed by atoms with Gasteiger partial charge in [0.25, 0.3) is 5.91 Å². The summed E-state index contributed by atoms with van der Waals surface area (Å²) in [6, 6.07) is -7.30. The van der Waals surface area contributed by atoms with E-state index in [0.29, 0.717) is 19.3 Å². The molecule has 30 heteroatoms. The molecule has 0 radical (unpaired) electrons. The maximum Gasteiger partial charge on any atom is 0.329 e. The SMILES string of the molecule is CC[C@H](C)[C@H](NC(=O)[C@@H](Cc1ccccc1)NC)C(=O)N[C@@H](CO)C(=O)N[C@H](CCC(N)=O)C(=O)N[C@@H](C(=O)N[C@H](C(=O)N[C@@H](C=O)C(=O)N[C@H]1C(=O)N[C@@H](C)C(=O)N[C@@H](C[C@H]2CN=C(N)N2)C(=O)N[C@@H]([C@@H](C)CC)C(=O)O[C@H]1C)[C@@H](C)CC)[C@@H](C)CC. The first-order chi connectivity index (χ1) is 41.6. The molecule has 17 N–H and O–H groups in total. The van der Waals surface area contributed by atoms with E-state index in [-0.39, 0.29) is 38.1 Å². The predicted molar refractivity (Wildman–Crippen MR) is 321 cm³/mol. The van der Waals surface area contributed by atoms with Crippen LogP contribution < -0.4 is 75.3 Å². The van der Waals surface area contributed by atoms with Crippen LogP contribution in [0, 0.1) is 23.7 Å².